The van der Waals surface area contributed by atoms with Gasteiger partial charge in [0.1, 0.15) is 0 Å². The summed E-state index contributed by atoms with van der Waals surface area (Å²) < 4.78 is 12.7. The molecule has 6 heteroatoms. The minimum absolute atomic E-state index is 0.206. The Labute approximate surface area is 213 Å². The number of rotatable bonds is 8. The summed E-state index contributed by atoms with van der Waals surface area (Å²) in [7, 11) is -3.38. The Morgan fingerprint density at radius 3 is 1.21 bits per heavy atom. The van der Waals surface area contributed by atoms with Crippen LogP contribution in [0.1, 0.15) is 80.1 Å². The van der Waals surface area contributed by atoms with Crippen LogP contribution in [0.25, 0.3) is 0 Å². The zero-order valence-electron chi connectivity index (χ0n) is 24.0. The molecule has 34 heavy (non-hydrogen) atoms. The Balaban J connectivity index is 0.000000340. The van der Waals surface area contributed by atoms with E-state index in [0.717, 1.165) is 38.5 Å². The van der Waals surface area contributed by atoms with Crippen LogP contribution < -0.4 is 0 Å². The molecule has 2 rings (SSSR count). The number of allylic oxidation sites excluding steroid dienone is 2. The van der Waals surface area contributed by atoms with Gasteiger partial charge in [-0.2, -0.15) is 0 Å². The van der Waals surface area contributed by atoms with Crippen molar-refractivity contribution in [1.82, 2.24) is 0 Å². The van der Waals surface area contributed by atoms with E-state index < -0.39 is 16.6 Å². The molecule has 0 aromatic rings. The molecule has 0 aromatic heterocycles. The van der Waals surface area contributed by atoms with E-state index in [9.17, 15) is 10.2 Å². The summed E-state index contributed by atoms with van der Waals surface area (Å²) in [6.45, 7) is 30.2. The zero-order chi connectivity index (χ0) is 26.5. The molecule has 0 spiro atoms. The highest BCUT2D eigenvalue weighted by atomic mass is 28.4. The van der Waals surface area contributed by atoms with Crippen molar-refractivity contribution in [3.05, 3.63) is 25.3 Å². The van der Waals surface area contributed by atoms with E-state index in [2.05, 4.69) is 80.9 Å². The van der Waals surface area contributed by atoms with Gasteiger partial charge in [0.15, 0.2) is 16.6 Å². The maximum atomic E-state index is 9.98. The lowest BCUT2D eigenvalue weighted by Gasteiger charge is -2.38. The fourth-order valence-electron chi connectivity index (χ4n) is 4.42. The van der Waals surface area contributed by atoms with Crippen LogP contribution in [0.3, 0.4) is 0 Å². The summed E-state index contributed by atoms with van der Waals surface area (Å²) in [5.41, 5.74) is 0. The van der Waals surface area contributed by atoms with Crippen LogP contribution >= 0.6 is 0 Å². The fraction of sp³-hybridized carbons (Fsp3) is 0.857. The normalized spacial score (nSPS) is 30.6. The van der Waals surface area contributed by atoms with Crippen LogP contribution in [-0.2, 0) is 8.85 Å². The molecule has 0 amide bonds. The smallest absolute Gasteiger partial charge is 0.192 e. The largest absolute Gasteiger partial charge is 0.414 e. The van der Waals surface area contributed by atoms with Gasteiger partial charge in [0.25, 0.3) is 0 Å². The van der Waals surface area contributed by atoms with E-state index in [-0.39, 0.29) is 34.5 Å². The quantitative estimate of drug-likeness (QED) is 0.262. The lowest BCUT2D eigenvalue weighted by molar-refractivity contribution is 0.122. The SMILES string of the molecule is C=CC[C@@H]1C[C@@H](O[Si](C)(C)C(C)(C)C)C[C@H]1O.C=CC[C@H]1C[C@H](O[Si](C)(C)C(C)(C)C)C[C@@H]1O. The van der Waals surface area contributed by atoms with Crippen molar-refractivity contribution in [3.8, 4) is 0 Å². The highest BCUT2D eigenvalue weighted by molar-refractivity contribution is 6.74. The predicted molar refractivity (Wildman–Crippen MR) is 151 cm³/mol. The van der Waals surface area contributed by atoms with Gasteiger partial charge in [0.2, 0.25) is 0 Å². The van der Waals surface area contributed by atoms with Crippen LogP contribution in [0, 0.1) is 11.8 Å². The second kappa shape index (κ2) is 12.3. The minimum Gasteiger partial charge on any atom is -0.414 e. The van der Waals surface area contributed by atoms with Crippen LogP contribution in [-0.4, -0.2) is 51.3 Å². The second-order valence-electron chi connectivity index (χ2n) is 13.6. The third-order valence-electron chi connectivity index (χ3n) is 8.70. The van der Waals surface area contributed by atoms with Crippen molar-refractivity contribution in [3.63, 3.8) is 0 Å². The monoisotopic (exact) mass is 512 g/mol. The first-order valence-electron chi connectivity index (χ1n) is 13.3. The van der Waals surface area contributed by atoms with E-state index in [0.29, 0.717) is 11.8 Å². The third-order valence-corrected chi connectivity index (χ3v) is 17.8. The van der Waals surface area contributed by atoms with Gasteiger partial charge in [0, 0.05) is 12.2 Å². The van der Waals surface area contributed by atoms with Crippen LogP contribution in [0.15, 0.2) is 25.3 Å². The van der Waals surface area contributed by atoms with Gasteiger partial charge >= 0.3 is 0 Å². The first-order valence-corrected chi connectivity index (χ1v) is 19.1. The molecule has 0 saturated heterocycles. The topological polar surface area (TPSA) is 58.9 Å². The second-order valence-corrected chi connectivity index (χ2v) is 23.2. The Hall–Kier alpha value is -0.246. The van der Waals surface area contributed by atoms with Crippen LogP contribution in [0.2, 0.25) is 36.3 Å². The van der Waals surface area contributed by atoms with Crippen LogP contribution in [0.4, 0.5) is 0 Å². The molecule has 200 valence electrons. The van der Waals surface area contributed by atoms with Crippen LogP contribution in [0.5, 0.6) is 0 Å². The molecule has 0 aromatic carbocycles. The molecule has 0 bridgehead atoms. The molecule has 0 unspecified atom stereocenters. The molecular formula is C28H56O4Si2. The fourth-order valence-corrected chi connectivity index (χ4v) is 7.18. The summed E-state index contributed by atoms with van der Waals surface area (Å²) in [4.78, 5) is 0. The van der Waals surface area contributed by atoms with E-state index in [1.165, 1.54) is 0 Å². The lowest BCUT2D eigenvalue weighted by Crippen LogP contribution is -2.43. The van der Waals surface area contributed by atoms with Gasteiger partial charge < -0.3 is 19.1 Å². The maximum absolute atomic E-state index is 9.98. The summed E-state index contributed by atoms with van der Waals surface area (Å²) in [6, 6.07) is 0. The zero-order valence-corrected chi connectivity index (χ0v) is 26.0. The summed E-state index contributed by atoms with van der Waals surface area (Å²) in [5.74, 6) is 0.699. The first-order chi connectivity index (χ1) is 15.3. The summed E-state index contributed by atoms with van der Waals surface area (Å²) >= 11 is 0. The summed E-state index contributed by atoms with van der Waals surface area (Å²) in [5, 5.41) is 20.4. The Morgan fingerprint density at radius 2 is 0.971 bits per heavy atom. The molecule has 2 saturated carbocycles. The molecule has 0 heterocycles. The molecule has 0 radical (unpaired) electrons. The van der Waals surface area contributed by atoms with Crippen molar-refractivity contribution in [2.45, 2.75) is 141 Å². The predicted octanol–water partition coefficient (Wildman–Crippen LogP) is 7.45. The number of hydrogen-bond donors (Lipinski definition) is 2. The van der Waals surface area contributed by atoms with Crippen molar-refractivity contribution in [2.24, 2.45) is 11.8 Å². The Kier molecular flexibility index (Phi) is 11.5. The number of aliphatic hydroxyl groups is 2. The van der Waals surface area contributed by atoms with Crippen molar-refractivity contribution in [2.75, 3.05) is 0 Å². The average Bonchev–Trinajstić information content (AvgIpc) is 3.15. The van der Waals surface area contributed by atoms with E-state index in [1.54, 1.807) is 0 Å². The molecular weight excluding hydrogens is 456 g/mol. The first kappa shape index (κ1) is 31.8. The highest BCUT2D eigenvalue weighted by Gasteiger charge is 2.43. The highest BCUT2D eigenvalue weighted by Crippen LogP contribution is 2.42. The van der Waals surface area contributed by atoms with Crippen molar-refractivity contribution < 1.29 is 19.1 Å². The number of aliphatic hydroxyl groups excluding tert-OH is 2. The molecule has 2 N–H and O–H groups in total. The molecule has 2 aliphatic carbocycles. The van der Waals surface area contributed by atoms with Crippen molar-refractivity contribution >= 4 is 16.6 Å². The van der Waals surface area contributed by atoms with E-state index in [1.807, 2.05) is 12.2 Å². The maximum Gasteiger partial charge on any atom is 0.192 e. The van der Waals surface area contributed by atoms with Gasteiger partial charge in [-0.05, 0) is 86.6 Å². The molecule has 2 fully saturated rings. The Morgan fingerprint density at radius 1 is 0.676 bits per heavy atom. The van der Waals surface area contributed by atoms with Gasteiger partial charge in [-0.3, -0.25) is 0 Å². The lowest BCUT2D eigenvalue weighted by atomic mass is 10.0. The van der Waals surface area contributed by atoms with E-state index in [4.69, 9.17) is 8.85 Å². The molecule has 0 aliphatic heterocycles. The number of hydrogen-bond acceptors (Lipinski definition) is 4. The standard InChI is InChI=1S/2C14H28O2Si/c2*1-7-8-11-9-12(10-13(11)15)16-17(5,6)14(2,3)4/h2*7,11-13,15H,1,8-10H2,2-6H3/t2*11-,12-,13-/m10/s1. The van der Waals surface area contributed by atoms with Gasteiger partial charge in [-0.25, -0.2) is 0 Å². The molecule has 4 nitrogen and oxygen atoms in total. The molecule has 6 atom stereocenters. The van der Waals surface area contributed by atoms with E-state index >= 15 is 0 Å². The van der Waals surface area contributed by atoms with Gasteiger partial charge in [-0.1, -0.05) is 53.7 Å². The third kappa shape index (κ3) is 9.00. The van der Waals surface area contributed by atoms with Crippen molar-refractivity contribution in [1.29, 1.82) is 0 Å². The van der Waals surface area contributed by atoms with Gasteiger partial charge in [0.05, 0.1) is 12.2 Å². The average molecular weight is 513 g/mol. The Bertz CT molecular complexity index is 592. The summed E-state index contributed by atoms with van der Waals surface area (Å²) in [6.07, 6.45) is 9.26. The molecule has 2 aliphatic rings. The minimum atomic E-state index is -1.69. The van der Waals surface area contributed by atoms with Gasteiger partial charge in [-0.15, -0.1) is 13.2 Å².